The number of rotatable bonds is 4. The summed E-state index contributed by atoms with van der Waals surface area (Å²) in [7, 11) is 0. The Morgan fingerprint density at radius 2 is 1.50 bits per heavy atom. The number of ketones is 1. The zero-order valence-electron chi connectivity index (χ0n) is 12.6. The molecule has 4 nitrogen and oxygen atoms in total. The molecule has 5 heteroatoms. The summed E-state index contributed by atoms with van der Waals surface area (Å²) in [5, 5.41) is 2.70. The molecule has 0 aliphatic heterocycles. The number of hydrogen-bond acceptors (Lipinski definition) is 3. The van der Waals surface area contributed by atoms with E-state index in [0.29, 0.717) is 22.4 Å². The SMILES string of the molecule is O=C(Nc1ccccc1C(=O)c1ccncc1)c1ccc(F)cc1. The van der Waals surface area contributed by atoms with Gasteiger partial charge in [0.25, 0.3) is 5.91 Å². The van der Waals surface area contributed by atoms with Gasteiger partial charge in [0.15, 0.2) is 5.78 Å². The van der Waals surface area contributed by atoms with E-state index in [0.717, 1.165) is 0 Å². The van der Waals surface area contributed by atoms with Crippen LogP contribution in [0.25, 0.3) is 0 Å². The first kappa shape index (κ1) is 15.6. The average Bonchev–Trinajstić information content (AvgIpc) is 2.63. The molecule has 0 spiro atoms. The number of carbonyl (C=O) groups is 2. The third-order valence-electron chi connectivity index (χ3n) is 3.47. The molecule has 1 aromatic heterocycles. The van der Waals surface area contributed by atoms with Crippen LogP contribution in [-0.2, 0) is 0 Å². The highest BCUT2D eigenvalue weighted by molar-refractivity contribution is 6.15. The molecule has 1 heterocycles. The first-order valence-electron chi connectivity index (χ1n) is 7.26. The van der Waals surface area contributed by atoms with Crippen LogP contribution >= 0.6 is 0 Å². The fourth-order valence-corrected chi connectivity index (χ4v) is 2.24. The average molecular weight is 320 g/mol. The second kappa shape index (κ2) is 6.83. The van der Waals surface area contributed by atoms with Crippen molar-refractivity contribution < 1.29 is 14.0 Å². The number of aromatic nitrogens is 1. The number of nitrogens with zero attached hydrogens (tertiary/aromatic N) is 1. The van der Waals surface area contributed by atoms with Crippen LogP contribution in [0.2, 0.25) is 0 Å². The molecule has 1 N–H and O–H groups in total. The maximum absolute atomic E-state index is 13.0. The molecule has 2 aromatic carbocycles. The third kappa shape index (κ3) is 3.35. The number of carbonyl (C=O) groups excluding carboxylic acids is 2. The smallest absolute Gasteiger partial charge is 0.255 e. The summed E-state index contributed by atoms with van der Waals surface area (Å²) in [6.07, 6.45) is 3.07. The van der Waals surface area contributed by atoms with E-state index in [4.69, 9.17) is 0 Å². The van der Waals surface area contributed by atoms with E-state index in [-0.39, 0.29) is 5.78 Å². The normalized spacial score (nSPS) is 10.2. The Morgan fingerprint density at radius 3 is 2.21 bits per heavy atom. The number of anilines is 1. The highest BCUT2D eigenvalue weighted by Crippen LogP contribution is 2.20. The summed E-state index contributed by atoms with van der Waals surface area (Å²) in [6.45, 7) is 0. The van der Waals surface area contributed by atoms with Gasteiger partial charge < -0.3 is 5.32 Å². The van der Waals surface area contributed by atoms with Crippen molar-refractivity contribution in [1.82, 2.24) is 4.98 Å². The lowest BCUT2D eigenvalue weighted by atomic mass is 10.0. The lowest BCUT2D eigenvalue weighted by molar-refractivity contribution is 0.102. The fraction of sp³-hybridized carbons (Fsp3) is 0. The Morgan fingerprint density at radius 1 is 0.833 bits per heavy atom. The zero-order chi connectivity index (χ0) is 16.9. The molecule has 3 aromatic rings. The molecule has 24 heavy (non-hydrogen) atoms. The van der Waals surface area contributed by atoms with Crippen LogP contribution in [0.1, 0.15) is 26.3 Å². The van der Waals surface area contributed by atoms with Crippen molar-refractivity contribution in [1.29, 1.82) is 0 Å². The standard InChI is InChI=1S/C19H13FN2O2/c20-15-7-5-14(6-8-15)19(24)22-17-4-2-1-3-16(17)18(23)13-9-11-21-12-10-13/h1-12H,(H,22,24). The van der Waals surface area contributed by atoms with Gasteiger partial charge in [-0.1, -0.05) is 12.1 Å². The van der Waals surface area contributed by atoms with Crippen LogP contribution in [0.5, 0.6) is 0 Å². The number of halogens is 1. The predicted molar refractivity (Wildman–Crippen MR) is 88.5 cm³/mol. The van der Waals surface area contributed by atoms with Crippen molar-refractivity contribution in [3.63, 3.8) is 0 Å². The van der Waals surface area contributed by atoms with Crippen molar-refractivity contribution in [3.8, 4) is 0 Å². The van der Waals surface area contributed by atoms with Crippen molar-refractivity contribution in [2.45, 2.75) is 0 Å². The topological polar surface area (TPSA) is 59.1 Å². The monoisotopic (exact) mass is 320 g/mol. The minimum Gasteiger partial charge on any atom is -0.321 e. The van der Waals surface area contributed by atoms with Crippen molar-refractivity contribution in [3.05, 3.63) is 95.6 Å². The van der Waals surface area contributed by atoms with E-state index in [2.05, 4.69) is 10.3 Å². The Hall–Kier alpha value is -3.34. The summed E-state index contributed by atoms with van der Waals surface area (Å²) in [6, 6.07) is 15.2. The number of para-hydroxylation sites is 1. The summed E-state index contributed by atoms with van der Waals surface area (Å²) >= 11 is 0. The minimum atomic E-state index is -0.417. The Labute approximate surface area is 138 Å². The van der Waals surface area contributed by atoms with Crippen LogP contribution in [0, 0.1) is 5.82 Å². The molecule has 0 saturated carbocycles. The van der Waals surface area contributed by atoms with Crippen LogP contribution in [0.3, 0.4) is 0 Å². The molecular formula is C19H13FN2O2. The molecule has 3 rings (SSSR count). The van der Waals surface area contributed by atoms with Crippen molar-refractivity contribution >= 4 is 17.4 Å². The largest absolute Gasteiger partial charge is 0.321 e. The van der Waals surface area contributed by atoms with Gasteiger partial charge in [0.2, 0.25) is 0 Å². The Bertz CT molecular complexity index is 877. The highest BCUT2D eigenvalue weighted by atomic mass is 19.1. The first-order chi connectivity index (χ1) is 11.6. The number of hydrogen-bond donors (Lipinski definition) is 1. The van der Waals surface area contributed by atoms with E-state index in [1.165, 1.54) is 36.7 Å². The van der Waals surface area contributed by atoms with Crippen molar-refractivity contribution in [2.24, 2.45) is 0 Å². The molecule has 0 unspecified atom stereocenters. The number of amides is 1. The van der Waals surface area contributed by atoms with Gasteiger partial charge in [-0.25, -0.2) is 4.39 Å². The van der Waals surface area contributed by atoms with Gasteiger partial charge in [-0.2, -0.15) is 0 Å². The van der Waals surface area contributed by atoms with Crippen LogP contribution in [-0.4, -0.2) is 16.7 Å². The van der Waals surface area contributed by atoms with Gasteiger partial charge in [0, 0.05) is 29.1 Å². The van der Waals surface area contributed by atoms with Gasteiger partial charge in [-0.05, 0) is 48.5 Å². The summed E-state index contributed by atoms with van der Waals surface area (Å²) in [5.74, 6) is -1.04. The van der Waals surface area contributed by atoms with Gasteiger partial charge in [0.1, 0.15) is 5.82 Å². The summed E-state index contributed by atoms with van der Waals surface area (Å²) in [4.78, 5) is 28.8. The molecule has 1 amide bonds. The molecule has 0 fully saturated rings. The molecule has 0 atom stereocenters. The molecule has 0 saturated heterocycles. The second-order valence-electron chi connectivity index (χ2n) is 5.07. The fourth-order valence-electron chi connectivity index (χ4n) is 2.24. The van der Waals surface area contributed by atoms with E-state index < -0.39 is 11.7 Å². The number of nitrogens with one attached hydrogen (secondary N) is 1. The van der Waals surface area contributed by atoms with Crippen molar-refractivity contribution in [2.75, 3.05) is 5.32 Å². The number of pyridine rings is 1. The summed E-state index contributed by atoms with van der Waals surface area (Å²) < 4.78 is 13.0. The highest BCUT2D eigenvalue weighted by Gasteiger charge is 2.15. The first-order valence-corrected chi connectivity index (χ1v) is 7.26. The molecule has 0 bridgehead atoms. The minimum absolute atomic E-state index is 0.215. The van der Waals surface area contributed by atoms with E-state index in [1.54, 1.807) is 36.4 Å². The van der Waals surface area contributed by atoms with E-state index >= 15 is 0 Å². The lowest BCUT2D eigenvalue weighted by Crippen LogP contribution is -2.15. The Balaban J connectivity index is 1.88. The van der Waals surface area contributed by atoms with Crippen LogP contribution in [0.15, 0.2) is 73.1 Å². The molecule has 0 aliphatic carbocycles. The van der Waals surface area contributed by atoms with Gasteiger partial charge >= 0.3 is 0 Å². The van der Waals surface area contributed by atoms with Crippen LogP contribution < -0.4 is 5.32 Å². The molecule has 0 radical (unpaired) electrons. The maximum Gasteiger partial charge on any atom is 0.255 e. The molecule has 118 valence electrons. The third-order valence-corrected chi connectivity index (χ3v) is 3.47. The summed E-state index contributed by atoms with van der Waals surface area (Å²) in [5.41, 5.74) is 1.56. The van der Waals surface area contributed by atoms with E-state index in [9.17, 15) is 14.0 Å². The predicted octanol–water partition coefficient (Wildman–Crippen LogP) is 3.70. The van der Waals surface area contributed by atoms with Gasteiger partial charge in [-0.3, -0.25) is 14.6 Å². The quantitative estimate of drug-likeness (QED) is 0.746. The van der Waals surface area contributed by atoms with Crippen LogP contribution in [0.4, 0.5) is 10.1 Å². The maximum atomic E-state index is 13.0. The van der Waals surface area contributed by atoms with Gasteiger partial charge in [-0.15, -0.1) is 0 Å². The van der Waals surface area contributed by atoms with E-state index in [1.807, 2.05) is 0 Å². The molecule has 0 aliphatic rings. The zero-order valence-corrected chi connectivity index (χ0v) is 12.6. The Kier molecular flexibility index (Phi) is 4.43. The number of benzene rings is 2. The lowest BCUT2D eigenvalue weighted by Gasteiger charge is -2.10. The molecular weight excluding hydrogens is 307 g/mol. The second-order valence-corrected chi connectivity index (χ2v) is 5.07. The van der Waals surface area contributed by atoms with Gasteiger partial charge in [0.05, 0.1) is 5.69 Å².